The number of aliphatic hydroxyl groups is 1. The van der Waals surface area contributed by atoms with Crippen LogP contribution in [0.1, 0.15) is 37.1 Å². The highest BCUT2D eigenvalue weighted by Gasteiger charge is 2.25. The quantitative estimate of drug-likeness (QED) is 0.421. The Balaban J connectivity index is 1.26. The van der Waals surface area contributed by atoms with E-state index < -0.39 is 5.56 Å². The van der Waals surface area contributed by atoms with E-state index in [0.717, 1.165) is 43.1 Å². The number of carbonyl (C=O) groups is 1. The average molecular weight is 430 g/mol. The van der Waals surface area contributed by atoms with Gasteiger partial charge in [0.2, 0.25) is 11.8 Å². The van der Waals surface area contributed by atoms with Crippen molar-refractivity contribution in [2.24, 2.45) is 0 Å². The minimum absolute atomic E-state index is 0.0735. The highest BCUT2D eigenvalue weighted by Crippen LogP contribution is 2.27. The van der Waals surface area contributed by atoms with Gasteiger partial charge in [0.25, 0.3) is 5.91 Å². The number of hydrogen-bond acceptors (Lipinski definition) is 10. The van der Waals surface area contributed by atoms with E-state index in [0.29, 0.717) is 29.1 Å². The summed E-state index contributed by atoms with van der Waals surface area (Å²) >= 11 is 1.06. The van der Waals surface area contributed by atoms with Crippen LogP contribution in [0.25, 0.3) is 6.08 Å². The molecule has 3 heterocycles. The number of thioether (sulfide) groups is 1. The Morgan fingerprint density at radius 1 is 1.17 bits per heavy atom. The lowest BCUT2D eigenvalue weighted by Crippen LogP contribution is -2.37. The molecule has 1 saturated heterocycles. The third-order valence-electron chi connectivity index (χ3n) is 5.01. The van der Waals surface area contributed by atoms with Gasteiger partial charge in [0, 0.05) is 30.9 Å². The molecule has 5 N–H and O–H groups in total. The Bertz CT molecular complexity index is 917. The Kier molecular flexibility index (Phi) is 6.41. The second-order valence-corrected chi connectivity index (χ2v) is 8.34. The number of aromatic nitrogens is 4. The van der Waals surface area contributed by atoms with Crippen LogP contribution in [0.15, 0.2) is 29.3 Å². The van der Waals surface area contributed by atoms with E-state index in [-0.39, 0.29) is 17.8 Å². The minimum Gasteiger partial charge on any atom is -0.492 e. The van der Waals surface area contributed by atoms with E-state index >= 15 is 0 Å². The Hall–Kier alpha value is -2.76. The van der Waals surface area contributed by atoms with E-state index in [9.17, 15) is 15.0 Å². The Labute approximate surface area is 177 Å². The molecular formula is C19H23N7O3S. The first-order valence-electron chi connectivity index (χ1n) is 9.77. The van der Waals surface area contributed by atoms with E-state index in [2.05, 4.69) is 36.1 Å². The highest BCUT2D eigenvalue weighted by atomic mass is 32.2. The van der Waals surface area contributed by atoms with Gasteiger partial charge in [0.1, 0.15) is 0 Å². The first kappa shape index (κ1) is 20.5. The molecule has 2 aromatic rings. The van der Waals surface area contributed by atoms with Crippen LogP contribution in [0.3, 0.4) is 0 Å². The van der Waals surface area contributed by atoms with Gasteiger partial charge in [0.05, 0.1) is 16.3 Å². The van der Waals surface area contributed by atoms with Crippen molar-refractivity contribution < 1.29 is 15.0 Å². The summed E-state index contributed by atoms with van der Waals surface area (Å²) in [5.41, 5.74) is 0.506. The predicted molar refractivity (Wildman–Crippen MR) is 112 cm³/mol. The molecule has 1 unspecified atom stereocenters. The zero-order valence-corrected chi connectivity index (χ0v) is 17.0. The van der Waals surface area contributed by atoms with E-state index in [4.69, 9.17) is 0 Å². The van der Waals surface area contributed by atoms with Gasteiger partial charge in [-0.15, -0.1) is 5.10 Å². The van der Waals surface area contributed by atoms with Crippen molar-refractivity contribution in [2.45, 2.75) is 49.9 Å². The maximum Gasteiger partial charge on any atom is 0.260 e. The first-order valence-corrected chi connectivity index (χ1v) is 10.6. The lowest BCUT2D eigenvalue weighted by Gasteiger charge is -2.29. The molecule has 0 aromatic carbocycles. The SMILES string of the molecule is O=C1NC(O)S/C1=C\c1ccnc(N[C@H]2CC[C@H](NCc3ccc(O)nn3)CC2)n1. The van der Waals surface area contributed by atoms with Gasteiger partial charge >= 0.3 is 0 Å². The predicted octanol–water partition coefficient (Wildman–Crippen LogP) is 0.965. The maximum absolute atomic E-state index is 11.7. The van der Waals surface area contributed by atoms with Gasteiger partial charge in [-0.2, -0.15) is 5.10 Å². The monoisotopic (exact) mass is 429 g/mol. The summed E-state index contributed by atoms with van der Waals surface area (Å²) in [4.78, 5) is 20.9. The Morgan fingerprint density at radius 3 is 2.67 bits per heavy atom. The van der Waals surface area contributed by atoms with Crippen molar-refractivity contribution in [3.63, 3.8) is 0 Å². The van der Waals surface area contributed by atoms with Gasteiger partial charge in [-0.1, -0.05) is 11.8 Å². The van der Waals surface area contributed by atoms with Crippen LogP contribution in [0.4, 0.5) is 5.95 Å². The zero-order valence-electron chi connectivity index (χ0n) is 16.2. The van der Waals surface area contributed by atoms with Crippen LogP contribution in [-0.4, -0.2) is 53.9 Å². The molecule has 1 amide bonds. The topological polar surface area (TPSA) is 145 Å². The molecule has 4 rings (SSSR count). The zero-order chi connectivity index (χ0) is 20.9. The van der Waals surface area contributed by atoms with Crippen LogP contribution in [0.2, 0.25) is 0 Å². The summed E-state index contributed by atoms with van der Waals surface area (Å²) in [6.45, 7) is 0.621. The third kappa shape index (κ3) is 5.43. The standard InChI is InChI=1S/C19H23N7O3S/c27-16-6-5-14(25-26-16)10-21-11-1-3-12(4-2-11)22-18-20-8-7-13(23-18)9-15-17(28)24-19(29)30-15/h5-9,11-12,19,21,29H,1-4,10H2,(H,24,28)(H,26,27)(H,20,22,23)/b15-9-/t11-,12-,19?. The van der Waals surface area contributed by atoms with Crippen molar-refractivity contribution in [3.8, 4) is 5.88 Å². The molecule has 0 spiro atoms. The molecule has 2 fully saturated rings. The highest BCUT2D eigenvalue weighted by molar-refractivity contribution is 8.05. The maximum atomic E-state index is 11.7. The van der Waals surface area contributed by atoms with Gasteiger partial charge in [-0.25, -0.2) is 9.97 Å². The number of nitrogens with one attached hydrogen (secondary N) is 3. The molecule has 0 radical (unpaired) electrons. The molecule has 11 heteroatoms. The Morgan fingerprint density at radius 2 is 1.97 bits per heavy atom. The van der Waals surface area contributed by atoms with E-state index in [1.54, 1.807) is 24.4 Å². The van der Waals surface area contributed by atoms with Crippen molar-refractivity contribution in [1.82, 2.24) is 30.8 Å². The number of amides is 1. The van der Waals surface area contributed by atoms with Crippen LogP contribution in [-0.2, 0) is 11.3 Å². The van der Waals surface area contributed by atoms with Gasteiger partial charge in [0.15, 0.2) is 5.56 Å². The van der Waals surface area contributed by atoms with E-state index in [1.165, 1.54) is 6.07 Å². The molecule has 1 saturated carbocycles. The number of anilines is 1. The third-order valence-corrected chi connectivity index (χ3v) is 5.91. The summed E-state index contributed by atoms with van der Waals surface area (Å²) in [6, 6.07) is 5.71. The molecule has 1 aliphatic carbocycles. The fraction of sp³-hybridized carbons (Fsp3) is 0.421. The summed E-state index contributed by atoms with van der Waals surface area (Å²) in [7, 11) is 0. The second kappa shape index (κ2) is 9.37. The number of carbonyl (C=O) groups excluding carboxylic acids is 1. The number of rotatable bonds is 6. The summed E-state index contributed by atoms with van der Waals surface area (Å²) in [5, 5.41) is 35.6. The molecule has 158 valence electrons. The lowest BCUT2D eigenvalue weighted by atomic mass is 9.91. The van der Waals surface area contributed by atoms with Gasteiger partial charge in [-0.05, 0) is 43.9 Å². The lowest BCUT2D eigenvalue weighted by molar-refractivity contribution is -0.117. The van der Waals surface area contributed by atoms with Crippen LogP contribution < -0.4 is 16.0 Å². The van der Waals surface area contributed by atoms with Crippen LogP contribution in [0, 0.1) is 0 Å². The molecule has 30 heavy (non-hydrogen) atoms. The van der Waals surface area contributed by atoms with Gasteiger partial charge in [-0.3, -0.25) is 4.79 Å². The number of nitrogens with zero attached hydrogens (tertiary/aromatic N) is 4. The fourth-order valence-electron chi connectivity index (χ4n) is 3.46. The fourth-order valence-corrected chi connectivity index (χ4v) is 4.22. The summed E-state index contributed by atoms with van der Waals surface area (Å²) in [5.74, 6) is 0.157. The normalized spacial score (nSPS) is 25.3. The molecule has 2 aliphatic rings. The van der Waals surface area contributed by atoms with E-state index in [1.807, 2.05) is 0 Å². The molecule has 1 atom stereocenters. The largest absolute Gasteiger partial charge is 0.492 e. The molecule has 0 bridgehead atoms. The summed E-state index contributed by atoms with van der Waals surface area (Å²) < 4.78 is 0. The molecule has 1 aliphatic heterocycles. The molecular weight excluding hydrogens is 406 g/mol. The van der Waals surface area contributed by atoms with Crippen LogP contribution >= 0.6 is 11.8 Å². The first-order chi connectivity index (χ1) is 14.5. The number of aromatic hydroxyl groups is 1. The average Bonchev–Trinajstić information content (AvgIpc) is 3.05. The summed E-state index contributed by atoms with van der Waals surface area (Å²) in [6.07, 6.45) is 7.30. The van der Waals surface area contributed by atoms with Crippen molar-refractivity contribution >= 4 is 29.7 Å². The number of hydrogen-bond donors (Lipinski definition) is 5. The van der Waals surface area contributed by atoms with Crippen molar-refractivity contribution in [1.29, 1.82) is 0 Å². The second-order valence-electron chi connectivity index (χ2n) is 7.21. The van der Waals surface area contributed by atoms with Crippen LogP contribution in [0.5, 0.6) is 5.88 Å². The minimum atomic E-state index is -0.909. The van der Waals surface area contributed by atoms with Crippen molar-refractivity contribution in [3.05, 3.63) is 40.7 Å². The molecule has 10 nitrogen and oxygen atoms in total. The van der Waals surface area contributed by atoms with Gasteiger partial charge < -0.3 is 26.2 Å². The molecule has 2 aromatic heterocycles. The van der Waals surface area contributed by atoms with Crippen molar-refractivity contribution in [2.75, 3.05) is 5.32 Å². The smallest absolute Gasteiger partial charge is 0.260 e. The number of aliphatic hydroxyl groups excluding tert-OH is 1.